The molecule has 0 unspecified atom stereocenters. The molecule has 168 valence electrons. The zero-order chi connectivity index (χ0) is 21.6. The van der Waals surface area contributed by atoms with Gasteiger partial charge in [0.15, 0.2) is 11.0 Å². The van der Waals surface area contributed by atoms with Crippen molar-refractivity contribution in [3.8, 4) is 5.69 Å². The van der Waals surface area contributed by atoms with E-state index in [9.17, 15) is 0 Å². The lowest BCUT2D eigenvalue weighted by Gasteiger charge is -2.32. The van der Waals surface area contributed by atoms with E-state index >= 15 is 0 Å². The molecular weight excluding hydrogens is 418 g/mol. The van der Waals surface area contributed by atoms with Crippen LogP contribution in [0, 0.1) is 0 Å². The molecule has 2 fully saturated rings. The number of nitrogens with zero attached hydrogens (tertiary/aromatic N) is 5. The fraction of sp³-hybridized carbons (Fsp3) is 0.440. The highest BCUT2D eigenvalue weighted by Gasteiger charge is 2.23. The molecule has 2 saturated heterocycles. The Hall–Kier alpha value is -2.19. The third-order valence-corrected chi connectivity index (χ3v) is 7.21. The molecular formula is C25H31N5OS. The van der Waals surface area contributed by atoms with Crippen LogP contribution in [-0.4, -0.2) is 69.2 Å². The van der Waals surface area contributed by atoms with Crippen LogP contribution in [0.25, 0.3) is 5.69 Å². The lowest BCUT2D eigenvalue weighted by Crippen LogP contribution is -2.43. The van der Waals surface area contributed by atoms with Crippen LogP contribution in [0.3, 0.4) is 0 Å². The molecule has 0 N–H and O–H groups in total. The number of hydrogen-bond acceptors (Lipinski definition) is 6. The minimum atomic E-state index is 0.195. The second-order valence-electron chi connectivity index (χ2n) is 8.58. The monoisotopic (exact) mass is 449 g/mol. The first-order valence-electron chi connectivity index (χ1n) is 11.6. The van der Waals surface area contributed by atoms with Gasteiger partial charge in [-0.3, -0.25) is 14.4 Å². The van der Waals surface area contributed by atoms with Crippen molar-refractivity contribution in [2.24, 2.45) is 0 Å². The summed E-state index contributed by atoms with van der Waals surface area (Å²) in [4.78, 5) is 4.97. The number of likely N-dealkylation sites (tertiary alicyclic amines) is 1. The molecule has 3 heterocycles. The summed E-state index contributed by atoms with van der Waals surface area (Å²) in [6.45, 7) is 6.84. The first kappa shape index (κ1) is 21.6. The predicted molar refractivity (Wildman–Crippen MR) is 128 cm³/mol. The van der Waals surface area contributed by atoms with Gasteiger partial charge in [-0.15, -0.1) is 10.2 Å². The van der Waals surface area contributed by atoms with Crippen LogP contribution in [0.4, 0.5) is 0 Å². The number of para-hydroxylation sites is 1. The Kier molecular flexibility index (Phi) is 7.18. The van der Waals surface area contributed by atoms with Gasteiger partial charge < -0.3 is 4.74 Å². The molecule has 0 bridgehead atoms. The molecule has 0 amide bonds. The summed E-state index contributed by atoms with van der Waals surface area (Å²) in [5.41, 5.74) is 2.49. The van der Waals surface area contributed by atoms with E-state index in [1.165, 1.54) is 18.4 Å². The average molecular weight is 450 g/mol. The minimum Gasteiger partial charge on any atom is -0.375 e. The third kappa shape index (κ3) is 5.41. The van der Waals surface area contributed by atoms with Crippen molar-refractivity contribution >= 4 is 11.8 Å². The largest absolute Gasteiger partial charge is 0.375 e. The lowest BCUT2D eigenvalue weighted by molar-refractivity contribution is -0.0187. The first-order chi connectivity index (χ1) is 15.8. The number of ether oxygens (including phenoxy) is 1. The van der Waals surface area contributed by atoms with Crippen molar-refractivity contribution in [2.45, 2.75) is 37.2 Å². The Bertz CT molecular complexity index is 975. The number of hydrogen-bond donors (Lipinski definition) is 0. The third-order valence-electron chi connectivity index (χ3n) is 6.15. The van der Waals surface area contributed by atoms with Gasteiger partial charge in [0.1, 0.15) is 0 Å². The standard InChI is InChI=1S/C25H31N5OS/c1-3-9-21(10-4-1)17-29-15-16-31-23(18-29)20-32-25-27-26-24(19-28-13-7-8-14-28)30(25)22-11-5-2-6-12-22/h1-6,9-12,23H,7-8,13-20H2/t23-/m1/s1. The van der Waals surface area contributed by atoms with Gasteiger partial charge >= 0.3 is 0 Å². The van der Waals surface area contributed by atoms with Crippen LogP contribution < -0.4 is 0 Å². The zero-order valence-corrected chi connectivity index (χ0v) is 19.3. The summed E-state index contributed by atoms with van der Waals surface area (Å²) in [7, 11) is 0. The molecule has 0 radical (unpaired) electrons. The van der Waals surface area contributed by atoms with Crippen molar-refractivity contribution in [3.05, 3.63) is 72.1 Å². The van der Waals surface area contributed by atoms with Crippen molar-refractivity contribution in [3.63, 3.8) is 0 Å². The van der Waals surface area contributed by atoms with E-state index in [1.807, 2.05) is 0 Å². The van der Waals surface area contributed by atoms with E-state index in [1.54, 1.807) is 11.8 Å². The molecule has 2 aliphatic heterocycles. The van der Waals surface area contributed by atoms with Gasteiger partial charge in [0.25, 0.3) is 0 Å². The zero-order valence-electron chi connectivity index (χ0n) is 18.5. The molecule has 2 aromatic carbocycles. The highest BCUT2D eigenvalue weighted by molar-refractivity contribution is 7.99. The van der Waals surface area contributed by atoms with Crippen molar-refractivity contribution in [1.82, 2.24) is 24.6 Å². The Balaban J connectivity index is 1.26. The SMILES string of the molecule is c1ccc(CN2CCO[C@@H](CSc3nnc(CN4CCCC4)n3-c3ccccc3)C2)cc1. The minimum absolute atomic E-state index is 0.195. The predicted octanol–water partition coefficient (Wildman–Crippen LogP) is 3.86. The molecule has 0 saturated carbocycles. The number of rotatable bonds is 8. The summed E-state index contributed by atoms with van der Waals surface area (Å²) in [5.74, 6) is 1.90. The first-order valence-corrected chi connectivity index (χ1v) is 12.6. The van der Waals surface area contributed by atoms with Crippen LogP contribution in [0.5, 0.6) is 0 Å². The topological polar surface area (TPSA) is 46.4 Å². The van der Waals surface area contributed by atoms with Gasteiger partial charge in [0.2, 0.25) is 0 Å². The van der Waals surface area contributed by atoms with Gasteiger partial charge in [-0.25, -0.2) is 0 Å². The normalized spacial score (nSPS) is 20.1. The smallest absolute Gasteiger partial charge is 0.195 e. The van der Waals surface area contributed by atoms with E-state index in [0.717, 1.165) is 68.3 Å². The van der Waals surface area contributed by atoms with E-state index in [0.29, 0.717) is 0 Å². The average Bonchev–Trinajstić information content (AvgIpc) is 3.49. The number of thioether (sulfide) groups is 1. The molecule has 6 nitrogen and oxygen atoms in total. The summed E-state index contributed by atoms with van der Waals surface area (Å²) in [6.07, 6.45) is 2.75. The second-order valence-corrected chi connectivity index (χ2v) is 9.56. The molecule has 3 aromatic rings. The van der Waals surface area contributed by atoms with Crippen LogP contribution in [-0.2, 0) is 17.8 Å². The number of aromatic nitrogens is 3. The molecule has 0 aliphatic carbocycles. The highest BCUT2D eigenvalue weighted by Crippen LogP contribution is 2.25. The van der Waals surface area contributed by atoms with Crippen molar-refractivity contribution in [2.75, 3.05) is 38.5 Å². The Labute approximate surface area is 194 Å². The highest BCUT2D eigenvalue weighted by atomic mass is 32.2. The van der Waals surface area contributed by atoms with Gasteiger partial charge in [0, 0.05) is 31.1 Å². The van der Waals surface area contributed by atoms with Crippen molar-refractivity contribution < 1.29 is 4.74 Å². The second kappa shape index (κ2) is 10.6. The summed E-state index contributed by atoms with van der Waals surface area (Å²) < 4.78 is 8.33. The van der Waals surface area contributed by atoms with Crippen molar-refractivity contribution in [1.29, 1.82) is 0 Å². The maximum atomic E-state index is 6.10. The molecule has 5 rings (SSSR count). The number of benzene rings is 2. The molecule has 2 aliphatic rings. The summed E-state index contributed by atoms with van der Waals surface area (Å²) in [6, 6.07) is 21.2. The van der Waals surface area contributed by atoms with E-state index < -0.39 is 0 Å². The number of morpholine rings is 1. The van der Waals surface area contributed by atoms with E-state index in [2.05, 4.69) is 85.2 Å². The Morgan fingerprint density at radius 3 is 2.38 bits per heavy atom. The fourth-order valence-electron chi connectivity index (χ4n) is 4.51. The van der Waals surface area contributed by atoms with Crippen LogP contribution in [0.1, 0.15) is 24.2 Å². The van der Waals surface area contributed by atoms with E-state index in [-0.39, 0.29) is 6.10 Å². The molecule has 1 atom stereocenters. The Morgan fingerprint density at radius 2 is 1.59 bits per heavy atom. The lowest BCUT2D eigenvalue weighted by atomic mass is 10.2. The maximum Gasteiger partial charge on any atom is 0.195 e. The molecule has 0 spiro atoms. The Morgan fingerprint density at radius 1 is 0.844 bits per heavy atom. The van der Waals surface area contributed by atoms with Gasteiger partial charge in [-0.05, 0) is 43.6 Å². The molecule has 32 heavy (non-hydrogen) atoms. The van der Waals surface area contributed by atoms with Gasteiger partial charge in [-0.2, -0.15) is 0 Å². The fourth-order valence-corrected chi connectivity index (χ4v) is 5.48. The van der Waals surface area contributed by atoms with Gasteiger partial charge in [-0.1, -0.05) is 60.3 Å². The quantitative estimate of drug-likeness (QED) is 0.487. The van der Waals surface area contributed by atoms with Gasteiger partial charge in [0.05, 0.1) is 19.3 Å². The van der Waals surface area contributed by atoms with Crippen LogP contribution in [0.2, 0.25) is 0 Å². The maximum absolute atomic E-state index is 6.10. The molecule has 7 heteroatoms. The van der Waals surface area contributed by atoms with E-state index in [4.69, 9.17) is 4.74 Å². The summed E-state index contributed by atoms with van der Waals surface area (Å²) in [5, 5.41) is 10.1. The van der Waals surface area contributed by atoms with Crippen LogP contribution >= 0.6 is 11.8 Å². The summed E-state index contributed by atoms with van der Waals surface area (Å²) >= 11 is 1.75. The molecule has 1 aromatic heterocycles. The van der Waals surface area contributed by atoms with Crippen LogP contribution in [0.15, 0.2) is 65.8 Å².